The van der Waals surface area contributed by atoms with Crippen LogP contribution in [0.4, 0.5) is 4.39 Å². The molecule has 106 valence electrons. The Hall–Kier alpha value is -0.580. The fourth-order valence-corrected chi connectivity index (χ4v) is 3.79. The fraction of sp³-hybridized carbons (Fsp3) is 0.600. The molecule has 0 amide bonds. The second kappa shape index (κ2) is 7.27. The van der Waals surface area contributed by atoms with Gasteiger partial charge < -0.3 is 10.4 Å². The largest absolute Gasteiger partial charge is 0.387 e. The highest BCUT2D eigenvalue weighted by Crippen LogP contribution is 2.30. The molecule has 0 aromatic heterocycles. The van der Waals surface area contributed by atoms with Crippen molar-refractivity contribution in [3.05, 3.63) is 35.6 Å². The second-order valence-corrected chi connectivity index (χ2v) is 6.61. The number of rotatable bonds is 6. The average molecular weight is 283 g/mol. The number of thioether (sulfide) groups is 1. The van der Waals surface area contributed by atoms with Crippen molar-refractivity contribution in [2.24, 2.45) is 0 Å². The molecule has 0 heterocycles. The normalized spacial score (nSPS) is 24.6. The Morgan fingerprint density at radius 1 is 1.42 bits per heavy atom. The van der Waals surface area contributed by atoms with E-state index in [9.17, 15) is 9.50 Å². The molecule has 1 aliphatic rings. The number of nitrogens with one attached hydrogen (secondary N) is 1. The summed E-state index contributed by atoms with van der Waals surface area (Å²) in [7, 11) is 0. The standard InChI is InChI=1S/C15H22FNOS/c1-2-19-12-8-7-11(9-12)17-10-15(18)13-5-3-4-6-14(13)16/h3-6,11-12,15,17-18H,2,7-10H2,1H3. The van der Waals surface area contributed by atoms with Gasteiger partial charge in [0.05, 0.1) is 6.10 Å². The summed E-state index contributed by atoms with van der Waals surface area (Å²) in [4.78, 5) is 0. The van der Waals surface area contributed by atoms with Crippen LogP contribution in [-0.4, -0.2) is 28.7 Å². The van der Waals surface area contributed by atoms with Crippen molar-refractivity contribution >= 4 is 11.8 Å². The van der Waals surface area contributed by atoms with Gasteiger partial charge in [0.25, 0.3) is 0 Å². The third-order valence-electron chi connectivity index (χ3n) is 3.65. The van der Waals surface area contributed by atoms with Crippen LogP contribution >= 0.6 is 11.8 Å². The van der Waals surface area contributed by atoms with Crippen LogP contribution in [0.25, 0.3) is 0 Å². The highest BCUT2D eigenvalue weighted by atomic mass is 32.2. The zero-order valence-electron chi connectivity index (χ0n) is 11.3. The topological polar surface area (TPSA) is 32.3 Å². The van der Waals surface area contributed by atoms with Gasteiger partial charge in [-0.15, -0.1) is 0 Å². The van der Waals surface area contributed by atoms with E-state index < -0.39 is 6.10 Å². The quantitative estimate of drug-likeness (QED) is 0.841. The van der Waals surface area contributed by atoms with E-state index >= 15 is 0 Å². The van der Waals surface area contributed by atoms with Gasteiger partial charge in [-0.1, -0.05) is 25.1 Å². The van der Waals surface area contributed by atoms with Gasteiger partial charge >= 0.3 is 0 Å². The highest BCUT2D eigenvalue weighted by molar-refractivity contribution is 7.99. The molecule has 19 heavy (non-hydrogen) atoms. The van der Waals surface area contributed by atoms with Crippen LogP contribution in [0, 0.1) is 5.82 Å². The number of hydrogen-bond donors (Lipinski definition) is 2. The number of aliphatic hydroxyl groups excluding tert-OH is 1. The van der Waals surface area contributed by atoms with Crippen molar-refractivity contribution in [3.63, 3.8) is 0 Å². The van der Waals surface area contributed by atoms with Crippen LogP contribution < -0.4 is 5.32 Å². The molecular weight excluding hydrogens is 261 g/mol. The summed E-state index contributed by atoms with van der Waals surface area (Å²) in [5, 5.41) is 14.1. The van der Waals surface area contributed by atoms with Gasteiger partial charge in [0.1, 0.15) is 5.82 Å². The summed E-state index contributed by atoms with van der Waals surface area (Å²) >= 11 is 2.01. The van der Waals surface area contributed by atoms with Crippen molar-refractivity contribution in [1.82, 2.24) is 5.32 Å². The first-order valence-electron chi connectivity index (χ1n) is 6.98. The lowest BCUT2D eigenvalue weighted by Crippen LogP contribution is -2.31. The molecule has 1 saturated carbocycles. The molecule has 2 rings (SSSR count). The zero-order valence-corrected chi connectivity index (χ0v) is 12.1. The van der Waals surface area contributed by atoms with Crippen LogP contribution in [0.2, 0.25) is 0 Å². The minimum Gasteiger partial charge on any atom is -0.387 e. The molecule has 0 spiro atoms. The molecule has 0 saturated heterocycles. The van der Waals surface area contributed by atoms with Gasteiger partial charge in [0, 0.05) is 23.4 Å². The first kappa shape index (κ1) is 14.8. The van der Waals surface area contributed by atoms with Crippen LogP contribution in [0.3, 0.4) is 0 Å². The van der Waals surface area contributed by atoms with E-state index in [0.717, 1.165) is 23.8 Å². The van der Waals surface area contributed by atoms with E-state index in [1.165, 1.54) is 12.5 Å². The zero-order chi connectivity index (χ0) is 13.7. The van der Waals surface area contributed by atoms with Crippen molar-refractivity contribution in [3.8, 4) is 0 Å². The molecule has 3 atom stereocenters. The number of aliphatic hydroxyl groups is 1. The van der Waals surface area contributed by atoms with E-state index in [0.29, 0.717) is 18.2 Å². The first-order valence-corrected chi connectivity index (χ1v) is 8.03. The van der Waals surface area contributed by atoms with Crippen LogP contribution in [0.1, 0.15) is 37.9 Å². The summed E-state index contributed by atoms with van der Waals surface area (Å²) in [5.41, 5.74) is 0.382. The molecule has 4 heteroatoms. The minimum absolute atomic E-state index is 0.331. The monoisotopic (exact) mass is 283 g/mol. The summed E-state index contributed by atoms with van der Waals surface area (Å²) in [6.07, 6.45) is 2.79. The number of hydrogen-bond acceptors (Lipinski definition) is 3. The molecule has 3 unspecified atom stereocenters. The molecular formula is C15H22FNOS. The van der Waals surface area contributed by atoms with Crippen molar-refractivity contribution < 1.29 is 9.50 Å². The maximum atomic E-state index is 13.5. The van der Waals surface area contributed by atoms with E-state index in [1.807, 2.05) is 11.8 Å². The third-order valence-corrected chi connectivity index (χ3v) is 4.88. The maximum Gasteiger partial charge on any atom is 0.129 e. The Bertz CT molecular complexity index is 401. The lowest BCUT2D eigenvalue weighted by atomic mass is 10.1. The smallest absolute Gasteiger partial charge is 0.129 e. The molecule has 2 nitrogen and oxygen atoms in total. The van der Waals surface area contributed by atoms with Crippen molar-refractivity contribution in [2.75, 3.05) is 12.3 Å². The third kappa shape index (κ3) is 4.20. The maximum absolute atomic E-state index is 13.5. The average Bonchev–Trinajstić information content (AvgIpc) is 2.85. The van der Waals surface area contributed by atoms with E-state index in [4.69, 9.17) is 0 Å². The summed E-state index contributed by atoms with van der Waals surface area (Å²) in [6, 6.07) is 6.90. The van der Waals surface area contributed by atoms with Gasteiger partial charge in [-0.3, -0.25) is 0 Å². The van der Waals surface area contributed by atoms with E-state index in [1.54, 1.807) is 18.2 Å². The lowest BCUT2D eigenvalue weighted by Gasteiger charge is -2.17. The van der Waals surface area contributed by atoms with Crippen LogP contribution in [0.15, 0.2) is 24.3 Å². The van der Waals surface area contributed by atoms with Gasteiger partial charge in [-0.2, -0.15) is 11.8 Å². The van der Waals surface area contributed by atoms with Gasteiger partial charge in [-0.25, -0.2) is 4.39 Å². The summed E-state index contributed by atoms with van der Waals surface area (Å²) < 4.78 is 13.5. The fourth-order valence-electron chi connectivity index (χ4n) is 2.65. The predicted octanol–water partition coefficient (Wildman–Crippen LogP) is 3.12. The molecule has 1 aliphatic carbocycles. The predicted molar refractivity (Wildman–Crippen MR) is 78.9 cm³/mol. The Labute approximate surface area is 118 Å². The molecule has 0 aliphatic heterocycles. The van der Waals surface area contributed by atoms with Gasteiger partial charge in [0.2, 0.25) is 0 Å². The summed E-state index contributed by atoms with van der Waals surface area (Å²) in [5.74, 6) is 0.831. The summed E-state index contributed by atoms with van der Waals surface area (Å²) in [6.45, 7) is 2.61. The van der Waals surface area contributed by atoms with Crippen LogP contribution in [-0.2, 0) is 0 Å². The Morgan fingerprint density at radius 2 is 2.21 bits per heavy atom. The van der Waals surface area contributed by atoms with E-state index in [-0.39, 0.29) is 5.82 Å². The molecule has 0 radical (unpaired) electrons. The molecule has 1 fully saturated rings. The Morgan fingerprint density at radius 3 is 2.95 bits per heavy atom. The molecule has 1 aromatic carbocycles. The number of halogens is 1. The molecule has 1 aromatic rings. The van der Waals surface area contributed by atoms with Crippen LogP contribution in [0.5, 0.6) is 0 Å². The molecule has 0 bridgehead atoms. The van der Waals surface area contributed by atoms with E-state index in [2.05, 4.69) is 12.2 Å². The SMILES string of the molecule is CCSC1CCC(NCC(O)c2ccccc2F)C1. The first-order chi connectivity index (χ1) is 9.20. The Balaban J connectivity index is 1.78. The van der Waals surface area contributed by atoms with Crippen molar-refractivity contribution in [1.29, 1.82) is 0 Å². The van der Waals surface area contributed by atoms with Gasteiger partial charge in [0.15, 0.2) is 0 Å². The van der Waals surface area contributed by atoms with Gasteiger partial charge in [-0.05, 0) is 31.1 Å². The Kier molecular flexibility index (Phi) is 5.67. The number of benzene rings is 1. The lowest BCUT2D eigenvalue weighted by molar-refractivity contribution is 0.165. The highest BCUT2D eigenvalue weighted by Gasteiger charge is 2.25. The second-order valence-electron chi connectivity index (χ2n) is 5.03. The van der Waals surface area contributed by atoms with Crippen molar-refractivity contribution in [2.45, 2.75) is 43.6 Å². The minimum atomic E-state index is -0.765. The molecule has 2 N–H and O–H groups in total.